The van der Waals surface area contributed by atoms with E-state index in [0.29, 0.717) is 6.04 Å². The van der Waals surface area contributed by atoms with Crippen molar-refractivity contribution in [2.24, 2.45) is 0 Å². The van der Waals surface area contributed by atoms with Crippen LogP contribution in [0.25, 0.3) is 0 Å². The molecule has 2 rings (SSSR count). The summed E-state index contributed by atoms with van der Waals surface area (Å²) in [5, 5.41) is 14.4. The van der Waals surface area contributed by atoms with E-state index in [1.807, 2.05) is 26.1 Å². The Bertz CT molecular complexity index is 460. The molecule has 1 heterocycles. The Morgan fingerprint density at radius 1 is 1.47 bits per heavy atom. The fourth-order valence-corrected chi connectivity index (χ4v) is 2.79. The normalized spacial score (nSPS) is 19.5. The molecule has 0 radical (unpaired) electrons. The maximum atomic E-state index is 11.2. The molecule has 104 valence electrons. The second-order valence-corrected chi connectivity index (χ2v) is 5.15. The van der Waals surface area contributed by atoms with Crippen LogP contribution in [-0.2, 0) is 0 Å². The molecule has 0 bridgehead atoms. The molecule has 1 atom stereocenters. The first-order valence-electron chi connectivity index (χ1n) is 6.79. The van der Waals surface area contributed by atoms with E-state index in [-0.39, 0.29) is 10.6 Å². The van der Waals surface area contributed by atoms with Gasteiger partial charge in [-0.15, -0.1) is 0 Å². The van der Waals surface area contributed by atoms with Gasteiger partial charge in [-0.3, -0.25) is 10.1 Å². The Hall–Kier alpha value is -1.62. The molecular weight excluding hydrogens is 242 g/mol. The monoisotopic (exact) mass is 263 g/mol. The second-order valence-electron chi connectivity index (χ2n) is 5.15. The molecule has 0 amide bonds. The van der Waals surface area contributed by atoms with E-state index in [0.717, 1.165) is 37.2 Å². The van der Waals surface area contributed by atoms with Crippen LogP contribution in [0.5, 0.6) is 0 Å². The van der Waals surface area contributed by atoms with Crippen molar-refractivity contribution in [1.82, 2.24) is 5.32 Å². The number of likely N-dealkylation sites (N-methyl/N-ethyl adjacent to an activating group) is 1. The molecule has 0 aliphatic carbocycles. The van der Waals surface area contributed by atoms with Gasteiger partial charge in [-0.1, -0.05) is 6.07 Å². The Morgan fingerprint density at radius 2 is 2.26 bits per heavy atom. The van der Waals surface area contributed by atoms with E-state index in [1.165, 1.54) is 6.42 Å². The zero-order valence-corrected chi connectivity index (χ0v) is 11.6. The molecule has 1 saturated heterocycles. The summed E-state index contributed by atoms with van der Waals surface area (Å²) in [4.78, 5) is 13.2. The summed E-state index contributed by atoms with van der Waals surface area (Å²) >= 11 is 0. The summed E-state index contributed by atoms with van der Waals surface area (Å²) in [5.41, 5.74) is 1.91. The average Bonchev–Trinajstić information content (AvgIpc) is 2.40. The topological polar surface area (TPSA) is 58.4 Å². The molecular formula is C14H21N3O2. The Balaban J connectivity index is 2.35. The van der Waals surface area contributed by atoms with Crippen molar-refractivity contribution in [1.29, 1.82) is 0 Å². The third-order valence-corrected chi connectivity index (χ3v) is 3.70. The number of nitro groups is 1. The summed E-state index contributed by atoms with van der Waals surface area (Å²) in [5.74, 6) is 0. The van der Waals surface area contributed by atoms with Crippen molar-refractivity contribution < 1.29 is 4.92 Å². The minimum atomic E-state index is -0.270. The zero-order valence-electron chi connectivity index (χ0n) is 11.6. The summed E-state index contributed by atoms with van der Waals surface area (Å²) in [6, 6.07) is 5.86. The first kappa shape index (κ1) is 13.8. The van der Waals surface area contributed by atoms with Crippen LogP contribution in [-0.4, -0.2) is 31.1 Å². The van der Waals surface area contributed by atoms with Gasteiger partial charge in [-0.25, -0.2) is 0 Å². The number of hydrogen-bond acceptors (Lipinski definition) is 4. The largest absolute Gasteiger partial charge is 0.362 e. The highest BCUT2D eigenvalue weighted by Gasteiger charge is 2.27. The third-order valence-electron chi connectivity index (χ3n) is 3.70. The molecule has 1 N–H and O–H groups in total. The fraction of sp³-hybridized carbons (Fsp3) is 0.571. The lowest BCUT2D eigenvalue weighted by Gasteiger charge is -2.37. The first-order valence-corrected chi connectivity index (χ1v) is 6.79. The van der Waals surface area contributed by atoms with Gasteiger partial charge in [0.2, 0.25) is 0 Å². The highest BCUT2D eigenvalue weighted by Crippen LogP contribution is 2.33. The standard InChI is InChI=1S/C14H21N3O2/c1-11-6-7-13(14(9-11)17(18)19)16-8-4-3-5-12(16)10-15-2/h6-7,9,12,15H,3-5,8,10H2,1-2H3. The number of anilines is 1. The lowest BCUT2D eigenvalue weighted by atomic mass is 10.0. The molecule has 0 aromatic heterocycles. The molecule has 1 aromatic rings. The Morgan fingerprint density at radius 3 is 2.95 bits per heavy atom. The van der Waals surface area contributed by atoms with Crippen LogP contribution in [0.15, 0.2) is 18.2 Å². The summed E-state index contributed by atoms with van der Waals surface area (Å²) in [6.07, 6.45) is 3.39. The van der Waals surface area contributed by atoms with Gasteiger partial charge in [0.25, 0.3) is 5.69 Å². The first-order chi connectivity index (χ1) is 9.13. The van der Waals surface area contributed by atoms with Crippen LogP contribution in [0.2, 0.25) is 0 Å². The van der Waals surface area contributed by atoms with Gasteiger partial charge in [-0.2, -0.15) is 0 Å². The molecule has 0 spiro atoms. The predicted octanol–water partition coefficient (Wildman–Crippen LogP) is 2.48. The van der Waals surface area contributed by atoms with Gasteiger partial charge in [-0.05, 0) is 44.9 Å². The lowest BCUT2D eigenvalue weighted by Crippen LogP contribution is -2.45. The van der Waals surface area contributed by atoms with Crippen LogP contribution in [0.1, 0.15) is 24.8 Å². The van der Waals surface area contributed by atoms with Crippen molar-refractivity contribution in [3.05, 3.63) is 33.9 Å². The molecule has 1 aromatic carbocycles. The molecule has 0 saturated carbocycles. The van der Waals surface area contributed by atoms with Crippen LogP contribution in [0, 0.1) is 17.0 Å². The maximum absolute atomic E-state index is 11.2. The van der Waals surface area contributed by atoms with Crippen LogP contribution >= 0.6 is 0 Å². The fourth-order valence-electron chi connectivity index (χ4n) is 2.79. The van der Waals surface area contributed by atoms with Crippen LogP contribution < -0.4 is 10.2 Å². The van der Waals surface area contributed by atoms with Crippen molar-refractivity contribution >= 4 is 11.4 Å². The molecule has 5 nitrogen and oxygen atoms in total. The van der Waals surface area contributed by atoms with E-state index in [4.69, 9.17) is 0 Å². The summed E-state index contributed by atoms with van der Waals surface area (Å²) < 4.78 is 0. The van der Waals surface area contributed by atoms with E-state index in [2.05, 4.69) is 10.2 Å². The number of hydrogen-bond donors (Lipinski definition) is 1. The number of aryl methyl sites for hydroxylation is 1. The molecule has 5 heteroatoms. The highest BCUT2D eigenvalue weighted by atomic mass is 16.6. The third kappa shape index (κ3) is 3.04. The second kappa shape index (κ2) is 6.02. The Labute approximate surface area is 113 Å². The van der Waals surface area contributed by atoms with Gasteiger partial charge < -0.3 is 10.2 Å². The molecule has 1 fully saturated rings. The number of nitrogens with one attached hydrogen (secondary N) is 1. The maximum Gasteiger partial charge on any atom is 0.292 e. The van der Waals surface area contributed by atoms with E-state index < -0.39 is 0 Å². The van der Waals surface area contributed by atoms with Gasteiger partial charge in [0.15, 0.2) is 0 Å². The van der Waals surface area contributed by atoms with Crippen molar-refractivity contribution in [3.8, 4) is 0 Å². The predicted molar refractivity (Wildman–Crippen MR) is 76.7 cm³/mol. The minimum absolute atomic E-state index is 0.225. The van der Waals surface area contributed by atoms with E-state index >= 15 is 0 Å². The number of nitrogens with zero attached hydrogens (tertiary/aromatic N) is 2. The zero-order chi connectivity index (χ0) is 13.8. The quantitative estimate of drug-likeness (QED) is 0.669. The molecule has 1 aliphatic rings. The number of rotatable bonds is 4. The van der Waals surface area contributed by atoms with Crippen molar-refractivity contribution in [3.63, 3.8) is 0 Å². The van der Waals surface area contributed by atoms with E-state index in [9.17, 15) is 10.1 Å². The number of nitro benzene ring substituents is 1. The van der Waals surface area contributed by atoms with Gasteiger partial charge in [0.05, 0.1) is 4.92 Å². The SMILES string of the molecule is CNCC1CCCCN1c1ccc(C)cc1[N+](=O)[O-]. The van der Waals surface area contributed by atoms with Gasteiger partial charge in [0, 0.05) is 25.2 Å². The Kier molecular flexibility index (Phi) is 4.37. The summed E-state index contributed by atoms with van der Waals surface area (Å²) in [6.45, 7) is 3.65. The lowest BCUT2D eigenvalue weighted by molar-refractivity contribution is -0.384. The van der Waals surface area contributed by atoms with Crippen molar-refractivity contribution in [2.75, 3.05) is 25.0 Å². The smallest absolute Gasteiger partial charge is 0.292 e. The average molecular weight is 263 g/mol. The molecule has 1 unspecified atom stereocenters. The number of benzene rings is 1. The minimum Gasteiger partial charge on any atom is -0.362 e. The molecule has 19 heavy (non-hydrogen) atoms. The van der Waals surface area contributed by atoms with Crippen LogP contribution in [0.3, 0.4) is 0 Å². The molecule has 1 aliphatic heterocycles. The van der Waals surface area contributed by atoms with Gasteiger partial charge >= 0.3 is 0 Å². The van der Waals surface area contributed by atoms with Crippen molar-refractivity contribution in [2.45, 2.75) is 32.2 Å². The number of piperidine rings is 1. The summed E-state index contributed by atoms with van der Waals surface area (Å²) in [7, 11) is 1.93. The highest BCUT2D eigenvalue weighted by molar-refractivity contribution is 5.65. The van der Waals surface area contributed by atoms with Crippen LogP contribution in [0.4, 0.5) is 11.4 Å². The van der Waals surface area contributed by atoms with Gasteiger partial charge in [0.1, 0.15) is 5.69 Å². The van der Waals surface area contributed by atoms with E-state index in [1.54, 1.807) is 6.07 Å².